The monoisotopic (exact) mass is 278 g/mol. The summed E-state index contributed by atoms with van der Waals surface area (Å²) in [6.07, 6.45) is 1.01. The molecule has 0 radical (unpaired) electrons. The Morgan fingerprint density at radius 3 is 2.95 bits per heavy atom. The van der Waals surface area contributed by atoms with Crippen molar-refractivity contribution in [2.24, 2.45) is 0 Å². The minimum absolute atomic E-state index is 0.356. The van der Waals surface area contributed by atoms with Crippen molar-refractivity contribution in [3.8, 4) is 11.5 Å². The Kier molecular flexibility index (Phi) is 5.26. The number of hydrogen-bond acceptors (Lipinski definition) is 4. The van der Waals surface area contributed by atoms with Gasteiger partial charge in [0.1, 0.15) is 11.5 Å². The van der Waals surface area contributed by atoms with E-state index in [1.165, 1.54) is 5.56 Å². The third-order valence-electron chi connectivity index (χ3n) is 3.99. The van der Waals surface area contributed by atoms with Crippen LogP contribution in [0.2, 0.25) is 0 Å². The smallest absolute Gasteiger partial charge is 0.124 e. The number of rotatable bonds is 6. The third kappa shape index (κ3) is 3.64. The quantitative estimate of drug-likeness (QED) is 0.866. The highest BCUT2D eigenvalue weighted by Crippen LogP contribution is 2.34. The van der Waals surface area contributed by atoms with Crippen LogP contribution < -0.4 is 14.8 Å². The highest BCUT2D eigenvalue weighted by Gasteiger charge is 2.21. The molecule has 0 bridgehead atoms. The molecule has 0 aliphatic carbocycles. The molecule has 1 aliphatic heterocycles. The molecule has 1 aromatic carbocycles. The first-order valence-corrected chi connectivity index (χ1v) is 7.36. The fraction of sp³-hybridized carbons (Fsp3) is 0.625. The van der Waals surface area contributed by atoms with Gasteiger partial charge in [0.2, 0.25) is 0 Å². The van der Waals surface area contributed by atoms with Crippen LogP contribution in [-0.4, -0.2) is 44.8 Å². The van der Waals surface area contributed by atoms with E-state index < -0.39 is 0 Å². The number of hydrogen-bond donors (Lipinski definition) is 1. The molecular weight excluding hydrogens is 252 g/mol. The Hall–Kier alpha value is -1.26. The zero-order valence-electron chi connectivity index (χ0n) is 13.0. The standard InChI is InChI=1S/C16H26N2O2/c1-12(2)18(3)9-8-17-15-7-10-20-16-6-5-13(19-4)11-14(15)16/h5-6,11-12,15,17H,7-10H2,1-4H3. The van der Waals surface area contributed by atoms with Crippen molar-refractivity contribution in [1.82, 2.24) is 10.2 Å². The second-order valence-corrected chi connectivity index (χ2v) is 5.62. The largest absolute Gasteiger partial charge is 0.497 e. The number of nitrogens with one attached hydrogen (secondary N) is 1. The van der Waals surface area contributed by atoms with Gasteiger partial charge in [-0.3, -0.25) is 0 Å². The lowest BCUT2D eigenvalue weighted by Gasteiger charge is -2.28. The van der Waals surface area contributed by atoms with E-state index in [0.717, 1.165) is 37.6 Å². The van der Waals surface area contributed by atoms with Crippen LogP contribution in [0.25, 0.3) is 0 Å². The predicted octanol–water partition coefficient (Wildman–Crippen LogP) is 2.45. The van der Waals surface area contributed by atoms with E-state index in [1.54, 1.807) is 7.11 Å². The van der Waals surface area contributed by atoms with Crippen molar-refractivity contribution >= 4 is 0 Å². The Morgan fingerprint density at radius 1 is 1.45 bits per heavy atom. The zero-order chi connectivity index (χ0) is 14.5. The van der Waals surface area contributed by atoms with Crippen LogP contribution in [0.1, 0.15) is 31.9 Å². The summed E-state index contributed by atoms with van der Waals surface area (Å²) in [7, 11) is 3.86. The lowest BCUT2D eigenvalue weighted by atomic mass is 10.00. The Bertz CT molecular complexity index is 434. The summed E-state index contributed by atoms with van der Waals surface area (Å²) in [6, 6.07) is 6.97. The average Bonchev–Trinajstić information content (AvgIpc) is 2.46. The van der Waals surface area contributed by atoms with Crippen LogP contribution in [0.5, 0.6) is 11.5 Å². The topological polar surface area (TPSA) is 33.7 Å². The van der Waals surface area contributed by atoms with Gasteiger partial charge in [-0.2, -0.15) is 0 Å². The SMILES string of the molecule is COc1ccc2c(c1)C(NCCN(C)C(C)C)CCO2. The highest BCUT2D eigenvalue weighted by molar-refractivity contribution is 5.43. The molecule has 1 atom stereocenters. The molecule has 20 heavy (non-hydrogen) atoms. The van der Waals surface area contributed by atoms with Gasteiger partial charge >= 0.3 is 0 Å². The van der Waals surface area contributed by atoms with Crippen LogP contribution in [0, 0.1) is 0 Å². The van der Waals surface area contributed by atoms with Gasteiger partial charge < -0.3 is 19.7 Å². The minimum Gasteiger partial charge on any atom is -0.497 e. The molecule has 1 unspecified atom stereocenters. The van der Waals surface area contributed by atoms with Crippen LogP contribution in [0.15, 0.2) is 18.2 Å². The van der Waals surface area contributed by atoms with Crippen molar-refractivity contribution in [2.75, 3.05) is 33.9 Å². The van der Waals surface area contributed by atoms with E-state index in [4.69, 9.17) is 9.47 Å². The first kappa shape index (κ1) is 15.1. The van der Waals surface area contributed by atoms with Crippen molar-refractivity contribution in [3.05, 3.63) is 23.8 Å². The van der Waals surface area contributed by atoms with E-state index in [9.17, 15) is 0 Å². The van der Waals surface area contributed by atoms with E-state index in [-0.39, 0.29) is 0 Å². The molecule has 0 fully saturated rings. The summed E-state index contributed by atoms with van der Waals surface area (Å²) >= 11 is 0. The second-order valence-electron chi connectivity index (χ2n) is 5.62. The van der Waals surface area contributed by atoms with Gasteiger partial charge in [0.25, 0.3) is 0 Å². The summed E-state index contributed by atoms with van der Waals surface area (Å²) in [5.41, 5.74) is 1.21. The summed E-state index contributed by atoms with van der Waals surface area (Å²) in [4.78, 5) is 2.35. The van der Waals surface area contributed by atoms with Gasteiger partial charge in [0.05, 0.1) is 13.7 Å². The van der Waals surface area contributed by atoms with Crippen LogP contribution in [0.4, 0.5) is 0 Å². The van der Waals surface area contributed by atoms with Gasteiger partial charge in [-0.1, -0.05) is 0 Å². The minimum atomic E-state index is 0.356. The summed E-state index contributed by atoms with van der Waals surface area (Å²) in [5.74, 6) is 1.87. The predicted molar refractivity (Wildman–Crippen MR) is 81.6 cm³/mol. The van der Waals surface area contributed by atoms with Gasteiger partial charge in [-0.15, -0.1) is 0 Å². The number of likely N-dealkylation sites (N-methyl/N-ethyl adjacent to an activating group) is 1. The number of benzene rings is 1. The number of ether oxygens (including phenoxy) is 2. The third-order valence-corrected chi connectivity index (χ3v) is 3.99. The molecular formula is C16H26N2O2. The van der Waals surface area contributed by atoms with E-state index >= 15 is 0 Å². The fourth-order valence-electron chi connectivity index (χ4n) is 2.38. The molecule has 112 valence electrons. The lowest BCUT2D eigenvalue weighted by molar-refractivity contribution is 0.236. The molecule has 0 aromatic heterocycles. The van der Waals surface area contributed by atoms with Crippen molar-refractivity contribution < 1.29 is 9.47 Å². The maximum Gasteiger partial charge on any atom is 0.124 e. The van der Waals surface area contributed by atoms with Gasteiger partial charge in [-0.05, 0) is 39.1 Å². The first-order chi connectivity index (χ1) is 9.61. The average molecular weight is 278 g/mol. The van der Waals surface area contributed by atoms with Crippen molar-refractivity contribution in [3.63, 3.8) is 0 Å². The molecule has 4 heteroatoms. The summed E-state index contributed by atoms with van der Waals surface area (Å²) in [6.45, 7) is 7.24. The van der Waals surface area contributed by atoms with Gasteiger partial charge in [0, 0.05) is 37.2 Å². The number of fused-ring (bicyclic) bond motifs is 1. The first-order valence-electron chi connectivity index (χ1n) is 7.36. The lowest BCUT2D eigenvalue weighted by Crippen LogP contribution is -2.36. The molecule has 2 rings (SSSR count). The Labute approximate surface area is 122 Å². The van der Waals surface area contributed by atoms with Crippen LogP contribution in [0.3, 0.4) is 0 Å². The molecule has 0 amide bonds. The molecule has 0 saturated carbocycles. The van der Waals surface area contributed by atoms with E-state index in [0.29, 0.717) is 12.1 Å². The second kappa shape index (κ2) is 6.95. The molecule has 1 aromatic rings. The van der Waals surface area contributed by atoms with Crippen molar-refractivity contribution in [2.45, 2.75) is 32.4 Å². The maximum atomic E-state index is 5.71. The van der Waals surface area contributed by atoms with Crippen LogP contribution >= 0.6 is 0 Å². The molecule has 4 nitrogen and oxygen atoms in total. The fourth-order valence-corrected chi connectivity index (χ4v) is 2.38. The van der Waals surface area contributed by atoms with Gasteiger partial charge in [0.15, 0.2) is 0 Å². The maximum absolute atomic E-state index is 5.71. The summed E-state index contributed by atoms with van der Waals surface area (Å²) < 4.78 is 11.0. The van der Waals surface area contributed by atoms with Gasteiger partial charge in [-0.25, -0.2) is 0 Å². The molecule has 1 N–H and O–H groups in total. The molecule has 1 heterocycles. The Balaban J connectivity index is 1.97. The zero-order valence-corrected chi connectivity index (χ0v) is 13.0. The van der Waals surface area contributed by atoms with E-state index in [1.807, 2.05) is 12.1 Å². The van der Waals surface area contributed by atoms with Crippen molar-refractivity contribution in [1.29, 1.82) is 0 Å². The highest BCUT2D eigenvalue weighted by atomic mass is 16.5. The summed E-state index contributed by atoms with van der Waals surface area (Å²) in [5, 5.41) is 3.64. The number of nitrogens with zero attached hydrogens (tertiary/aromatic N) is 1. The molecule has 0 spiro atoms. The normalized spacial score (nSPS) is 18.0. The van der Waals surface area contributed by atoms with E-state index in [2.05, 4.69) is 37.2 Å². The number of methoxy groups -OCH3 is 1. The Morgan fingerprint density at radius 2 is 2.25 bits per heavy atom. The van der Waals surface area contributed by atoms with Crippen LogP contribution in [-0.2, 0) is 0 Å². The molecule has 0 saturated heterocycles. The molecule has 1 aliphatic rings.